The molecule has 0 unspecified atom stereocenters. The first-order valence-corrected chi connectivity index (χ1v) is 5.21. The maximum atomic E-state index is 11.1. The summed E-state index contributed by atoms with van der Waals surface area (Å²) in [6.07, 6.45) is 1.50. The van der Waals surface area contributed by atoms with Gasteiger partial charge in [-0.3, -0.25) is 5.43 Å². The number of anilines is 1. The number of halogens is 1. The van der Waals surface area contributed by atoms with Crippen LogP contribution in [0.4, 0.5) is 5.69 Å². The van der Waals surface area contributed by atoms with Gasteiger partial charge in [0.2, 0.25) is 11.1 Å². The molecule has 0 atom stereocenters. The largest absolute Gasteiger partial charge is 0.481 e. The minimum absolute atomic E-state index is 0.245. The molecule has 0 aromatic carbocycles. The lowest BCUT2D eigenvalue weighted by Crippen LogP contribution is -2.13. The molecule has 0 saturated carbocycles. The number of pyridine rings is 1. The van der Waals surface area contributed by atoms with Crippen molar-refractivity contribution in [3.8, 4) is 5.88 Å². The van der Waals surface area contributed by atoms with Crippen molar-refractivity contribution < 1.29 is 14.3 Å². The minimum atomic E-state index is -0.678. The van der Waals surface area contributed by atoms with Crippen molar-refractivity contribution in [2.45, 2.75) is 6.92 Å². The van der Waals surface area contributed by atoms with Gasteiger partial charge in [-0.15, -0.1) is 0 Å². The zero-order valence-corrected chi connectivity index (χ0v) is 10.2. The number of hydrogen-bond acceptors (Lipinski definition) is 6. The number of carbonyl (C=O) groups excluding carboxylic acids is 1. The molecule has 0 radical (unpaired) electrons. The highest BCUT2D eigenvalue weighted by atomic mass is 35.5. The van der Waals surface area contributed by atoms with Crippen LogP contribution in [0.2, 0.25) is 0 Å². The highest BCUT2D eigenvalue weighted by Gasteiger charge is 2.08. The van der Waals surface area contributed by atoms with E-state index in [9.17, 15) is 4.79 Å². The molecule has 7 heteroatoms. The summed E-state index contributed by atoms with van der Waals surface area (Å²) in [6, 6.07) is 3.33. The van der Waals surface area contributed by atoms with E-state index in [1.165, 1.54) is 13.3 Å². The second-order valence-corrected chi connectivity index (χ2v) is 3.18. The van der Waals surface area contributed by atoms with E-state index in [0.717, 1.165) is 0 Å². The van der Waals surface area contributed by atoms with Crippen molar-refractivity contribution in [1.29, 1.82) is 0 Å². The Hall–Kier alpha value is -1.82. The molecule has 1 aromatic rings. The van der Waals surface area contributed by atoms with Crippen molar-refractivity contribution >= 4 is 28.4 Å². The van der Waals surface area contributed by atoms with E-state index in [1.54, 1.807) is 19.1 Å². The first kappa shape index (κ1) is 13.2. The van der Waals surface area contributed by atoms with Crippen molar-refractivity contribution in [2.75, 3.05) is 19.1 Å². The Bertz CT molecular complexity index is 406. The van der Waals surface area contributed by atoms with Crippen molar-refractivity contribution in [2.24, 2.45) is 5.10 Å². The molecule has 0 spiro atoms. The Balaban J connectivity index is 2.59. The average Bonchev–Trinajstić information content (AvgIpc) is 2.36. The van der Waals surface area contributed by atoms with Gasteiger partial charge < -0.3 is 9.47 Å². The van der Waals surface area contributed by atoms with Crippen LogP contribution in [-0.4, -0.2) is 29.8 Å². The number of nitrogens with zero attached hydrogens (tertiary/aromatic N) is 2. The summed E-state index contributed by atoms with van der Waals surface area (Å²) < 4.78 is 9.54. The second kappa shape index (κ2) is 6.70. The topological polar surface area (TPSA) is 72.8 Å². The van der Waals surface area contributed by atoms with Gasteiger partial charge in [-0.2, -0.15) is 5.10 Å². The fraction of sp³-hybridized carbons (Fsp3) is 0.300. The number of methoxy groups -OCH3 is 1. The fourth-order valence-electron chi connectivity index (χ4n) is 0.917. The van der Waals surface area contributed by atoms with E-state index in [0.29, 0.717) is 11.6 Å². The molecule has 0 saturated heterocycles. The molecule has 0 aliphatic carbocycles. The van der Waals surface area contributed by atoms with E-state index in [4.69, 9.17) is 16.3 Å². The SMILES string of the molecule is CCOC(=O)/C(Cl)=N/Nc1ccc(OC)nc1. The molecular formula is C10H12ClN3O3. The van der Waals surface area contributed by atoms with Crippen LogP contribution in [0.15, 0.2) is 23.4 Å². The number of hydrogen-bond donors (Lipinski definition) is 1. The molecule has 1 N–H and O–H groups in total. The molecule has 0 aliphatic heterocycles. The Morgan fingerprint density at radius 1 is 1.59 bits per heavy atom. The Labute approximate surface area is 104 Å². The lowest BCUT2D eigenvalue weighted by molar-refractivity contribution is -0.134. The first-order chi connectivity index (χ1) is 8.17. The van der Waals surface area contributed by atoms with Gasteiger partial charge in [0.1, 0.15) is 0 Å². The summed E-state index contributed by atoms with van der Waals surface area (Å²) in [6.45, 7) is 1.93. The minimum Gasteiger partial charge on any atom is -0.481 e. The van der Waals surface area contributed by atoms with Gasteiger partial charge in [-0.1, -0.05) is 11.6 Å². The van der Waals surface area contributed by atoms with E-state index in [-0.39, 0.29) is 11.8 Å². The third-order valence-corrected chi connectivity index (χ3v) is 1.91. The van der Waals surface area contributed by atoms with Crippen molar-refractivity contribution in [3.05, 3.63) is 18.3 Å². The van der Waals surface area contributed by atoms with Crippen LogP contribution in [0.25, 0.3) is 0 Å². The summed E-state index contributed by atoms with van der Waals surface area (Å²) in [5, 5.41) is 3.37. The lowest BCUT2D eigenvalue weighted by atomic mass is 10.4. The van der Waals surface area contributed by atoms with E-state index in [1.807, 2.05) is 0 Å². The van der Waals surface area contributed by atoms with Crippen LogP contribution < -0.4 is 10.2 Å². The molecule has 0 amide bonds. The first-order valence-electron chi connectivity index (χ1n) is 4.83. The van der Waals surface area contributed by atoms with Crippen LogP contribution in [0.5, 0.6) is 5.88 Å². The number of carbonyl (C=O) groups is 1. The third kappa shape index (κ3) is 4.28. The number of nitrogens with one attached hydrogen (secondary N) is 1. The quantitative estimate of drug-likeness (QED) is 0.493. The van der Waals surface area contributed by atoms with Crippen LogP contribution in [-0.2, 0) is 9.53 Å². The predicted octanol–water partition coefficient (Wildman–Crippen LogP) is 1.62. The maximum Gasteiger partial charge on any atom is 0.370 e. The van der Waals surface area contributed by atoms with E-state index in [2.05, 4.69) is 20.2 Å². The van der Waals surface area contributed by atoms with Gasteiger partial charge in [-0.05, 0) is 13.0 Å². The van der Waals surface area contributed by atoms with Gasteiger partial charge in [0.15, 0.2) is 0 Å². The van der Waals surface area contributed by atoms with Crippen LogP contribution in [0.3, 0.4) is 0 Å². The third-order valence-electron chi connectivity index (χ3n) is 1.67. The molecule has 0 bridgehead atoms. The summed E-state index contributed by atoms with van der Waals surface area (Å²) in [7, 11) is 1.52. The Kier molecular flexibility index (Phi) is 5.22. The fourth-order valence-corrected chi connectivity index (χ4v) is 1.01. The van der Waals surface area contributed by atoms with Crippen LogP contribution in [0, 0.1) is 0 Å². The highest BCUT2D eigenvalue weighted by molar-refractivity contribution is 6.82. The van der Waals surface area contributed by atoms with Crippen molar-refractivity contribution in [3.63, 3.8) is 0 Å². The van der Waals surface area contributed by atoms with Gasteiger partial charge in [0.05, 0.1) is 25.6 Å². The van der Waals surface area contributed by atoms with Crippen molar-refractivity contribution in [1.82, 2.24) is 4.98 Å². The van der Waals surface area contributed by atoms with E-state index < -0.39 is 5.97 Å². The molecule has 92 valence electrons. The predicted molar refractivity (Wildman–Crippen MR) is 64.3 cm³/mol. The summed E-state index contributed by atoms with van der Waals surface area (Å²) >= 11 is 5.59. The second-order valence-electron chi connectivity index (χ2n) is 2.82. The zero-order chi connectivity index (χ0) is 12.7. The van der Waals surface area contributed by atoms with Crippen LogP contribution in [0.1, 0.15) is 6.92 Å². The maximum absolute atomic E-state index is 11.1. The Morgan fingerprint density at radius 3 is 2.88 bits per heavy atom. The number of esters is 1. The summed E-state index contributed by atoms with van der Waals surface area (Å²) in [5.74, 6) is -0.195. The average molecular weight is 258 g/mol. The van der Waals surface area contributed by atoms with Gasteiger partial charge >= 0.3 is 5.97 Å². The molecule has 17 heavy (non-hydrogen) atoms. The number of aromatic nitrogens is 1. The lowest BCUT2D eigenvalue weighted by Gasteiger charge is -2.02. The number of ether oxygens (including phenoxy) is 2. The summed E-state index contributed by atoms with van der Waals surface area (Å²) in [5.41, 5.74) is 3.15. The normalized spacial score (nSPS) is 10.9. The van der Waals surface area contributed by atoms with Gasteiger partial charge in [0.25, 0.3) is 0 Å². The number of hydrazone groups is 1. The smallest absolute Gasteiger partial charge is 0.370 e. The van der Waals surface area contributed by atoms with Gasteiger partial charge in [0, 0.05) is 6.07 Å². The molecule has 0 aliphatic rings. The molecule has 1 aromatic heterocycles. The molecule has 0 fully saturated rings. The van der Waals surface area contributed by atoms with E-state index >= 15 is 0 Å². The Morgan fingerprint density at radius 2 is 2.35 bits per heavy atom. The molecular weight excluding hydrogens is 246 g/mol. The van der Waals surface area contributed by atoms with Crippen LogP contribution >= 0.6 is 11.6 Å². The number of rotatable bonds is 5. The van der Waals surface area contributed by atoms with Gasteiger partial charge in [-0.25, -0.2) is 9.78 Å². The monoisotopic (exact) mass is 257 g/mol. The standard InChI is InChI=1S/C10H12ClN3O3/c1-3-17-10(15)9(11)14-13-7-4-5-8(16-2)12-6-7/h4-6,13H,3H2,1-2H3/b14-9-. The highest BCUT2D eigenvalue weighted by Crippen LogP contribution is 2.10. The molecule has 1 rings (SSSR count). The molecule has 1 heterocycles. The zero-order valence-electron chi connectivity index (χ0n) is 9.44. The molecule has 6 nitrogen and oxygen atoms in total. The summed E-state index contributed by atoms with van der Waals surface area (Å²) in [4.78, 5) is 15.0.